The number of hydrogen-bond acceptors (Lipinski definition) is 2. The Labute approximate surface area is 119 Å². The van der Waals surface area contributed by atoms with E-state index < -0.39 is 0 Å². The number of aryl methyl sites for hydroxylation is 1. The fourth-order valence-corrected chi connectivity index (χ4v) is 3.52. The first-order chi connectivity index (χ1) is 9.79. The van der Waals surface area contributed by atoms with Crippen molar-refractivity contribution < 1.29 is 0 Å². The lowest BCUT2D eigenvalue weighted by Crippen LogP contribution is -2.29. The summed E-state index contributed by atoms with van der Waals surface area (Å²) in [5, 5.41) is 4.26. The van der Waals surface area contributed by atoms with Crippen molar-refractivity contribution >= 4 is 10.9 Å². The highest BCUT2D eigenvalue weighted by Crippen LogP contribution is 2.28. The van der Waals surface area contributed by atoms with E-state index in [4.69, 9.17) is 0 Å². The summed E-state index contributed by atoms with van der Waals surface area (Å²) in [6.07, 6.45) is 7.07. The summed E-state index contributed by atoms with van der Waals surface area (Å²) in [5.74, 6) is 0.762. The standard InChI is InChI=1S/C17H22N2O/c1-18-15-7-4-5-13(15)9-11-19-12-10-17(20)14-6-2-3-8-16(14)19/h2-3,6,8,10,12-13,15,18H,4-5,7,9,11H2,1H3. The van der Waals surface area contributed by atoms with Gasteiger partial charge in [0.15, 0.2) is 5.43 Å². The number of rotatable bonds is 4. The number of aromatic nitrogens is 1. The van der Waals surface area contributed by atoms with Crippen molar-refractivity contribution in [2.45, 2.75) is 38.3 Å². The van der Waals surface area contributed by atoms with Crippen LogP contribution in [-0.4, -0.2) is 17.7 Å². The Morgan fingerprint density at radius 1 is 1.25 bits per heavy atom. The average molecular weight is 270 g/mol. The van der Waals surface area contributed by atoms with Gasteiger partial charge in [0.1, 0.15) is 0 Å². The molecule has 0 amide bonds. The first-order valence-electron chi connectivity index (χ1n) is 7.55. The molecule has 1 fully saturated rings. The highest BCUT2D eigenvalue weighted by atomic mass is 16.1. The highest BCUT2D eigenvalue weighted by molar-refractivity contribution is 5.78. The molecule has 0 spiro atoms. The Morgan fingerprint density at radius 3 is 2.95 bits per heavy atom. The molecule has 3 rings (SSSR count). The van der Waals surface area contributed by atoms with Crippen LogP contribution in [0.15, 0.2) is 41.3 Å². The highest BCUT2D eigenvalue weighted by Gasteiger charge is 2.25. The molecule has 20 heavy (non-hydrogen) atoms. The number of nitrogens with one attached hydrogen (secondary N) is 1. The molecule has 1 aliphatic rings. The predicted molar refractivity (Wildman–Crippen MR) is 83.0 cm³/mol. The van der Waals surface area contributed by atoms with Crippen LogP contribution in [0.4, 0.5) is 0 Å². The van der Waals surface area contributed by atoms with E-state index in [0.29, 0.717) is 6.04 Å². The van der Waals surface area contributed by atoms with Crippen LogP contribution in [0.3, 0.4) is 0 Å². The van der Waals surface area contributed by atoms with Crippen molar-refractivity contribution in [3.05, 3.63) is 46.8 Å². The number of nitrogens with zero attached hydrogens (tertiary/aromatic N) is 1. The van der Waals surface area contributed by atoms with Gasteiger partial charge in [-0.05, 0) is 44.4 Å². The van der Waals surface area contributed by atoms with E-state index >= 15 is 0 Å². The minimum Gasteiger partial charge on any atom is -0.347 e. The maximum absolute atomic E-state index is 11.9. The van der Waals surface area contributed by atoms with Crippen LogP contribution in [0.5, 0.6) is 0 Å². The van der Waals surface area contributed by atoms with Crippen LogP contribution in [0.1, 0.15) is 25.7 Å². The van der Waals surface area contributed by atoms with Gasteiger partial charge >= 0.3 is 0 Å². The summed E-state index contributed by atoms with van der Waals surface area (Å²) >= 11 is 0. The van der Waals surface area contributed by atoms with Crippen LogP contribution in [-0.2, 0) is 6.54 Å². The van der Waals surface area contributed by atoms with Crippen LogP contribution < -0.4 is 10.7 Å². The monoisotopic (exact) mass is 270 g/mol. The molecule has 3 heteroatoms. The van der Waals surface area contributed by atoms with Crippen molar-refractivity contribution in [2.24, 2.45) is 5.92 Å². The van der Waals surface area contributed by atoms with Gasteiger partial charge < -0.3 is 9.88 Å². The maximum atomic E-state index is 11.9. The van der Waals surface area contributed by atoms with Crippen molar-refractivity contribution in [3.8, 4) is 0 Å². The molecule has 0 bridgehead atoms. The Kier molecular flexibility index (Phi) is 3.88. The van der Waals surface area contributed by atoms with Crippen molar-refractivity contribution in [1.82, 2.24) is 9.88 Å². The molecular formula is C17H22N2O. The molecule has 0 aliphatic heterocycles. The summed E-state index contributed by atoms with van der Waals surface area (Å²) < 4.78 is 2.22. The average Bonchev–Trinajstić information content (AvgIpc) is 2.94. The molecular weight excluding hydrogens is 248 g/mol. The second-order valence-corrected chi connectivity index (χ2v) is 5.77. The predicted octanol–water partition coefficient (Wildman–Crippen LogP) is 2.78. The van der Waals surface area contributed by atoms with E-state index in [-0.39, 0.29) is 5.43 Å². The molecule has 2 aromatic rings. The van der Waals surface area contributed by atoms with Gasteiger partial charge in [-0.15, -0.1) is 0 Å². The van der Waals surface area contributed by atoms with Crippen molar-refractivity contribution in [1.29, 1.82) is 0 Å². The van der Waals surface area contributed by atoms with Gasteiger partial charge in [0, 0.05) is 30.2 Å². The zero-order chi connectivity index (χ0) is 13.9. The van der Waals surface area contributed by atoms with Gasteiger partial charge in [-0.2, -0.15) is 0 Å². The third kappa shape index (κ3) is 2.50. The first-order valence-corrected chi connectivity index (χ1v) is 7.55. The van der Waals surface area contributed by atoms with Gasteiger partial charge in [0.25, 0.3) is 0 Å². The molecule has 1 aliphatic carbocycles. The van der Waals surface area contributed by atoms with Crippen LogP contribution in [0, 0.1) is 5.92 Å². The van der Waals surface area contributed by atoms with E-state index in [2.05, 4.69) is 16.9 Å². The van der Waals surface area contributed by atoms with Crippen LogP contribution in [0.2, 0.25) is 0 Å². The van der Waals surface area contributed by atoms with Crippen LogP contribution in [0.25, 0.3) is 10.9 Å². The number of hydrogen-bond donors (Lipinski definition) is 1. The smallest absolute Gasteiger partial charge is 0.189 e. The molecule has 1 heterocycles. The number of fused-ring (bicyclic) bond motifs is 1. The summed E-state index contributed by atoms with van der Waals surface area (Å²) in [6.45, 7) is 0.990. The SMILES string of the molecule is CNC1CCCC1CCn1ccc(=O)c2ccccc21. The largest absolute Gasteiger partial charge is 0.347 e. The number of benzene rings is 1. The first kappa shape index (κ1) is 13.4. The van der Waals surface area contributed by atoms with Gasteiger partial charge in [-0.3, -0.25) is 4.79 Å². The zero-order valence-corrected chi connectivity index (χ0v) is 12.0. The topological polar surface area (TPSA) is 34.0 Å². The summed E-state index contributed by atoms with van der Waals surface area (Å²) in [5.41, 5.74) is 1.17. The second kappa shape index (κ2) is 5.80. The lowest BCUT2D eigenvalue weighted by Gasteiger charge is -2.20. The van der Waals surface area contributed by atoms with E-state index in [9.17, 15) is 4.79 Å². The van der Waals surface area contributed by atoms with Crippen molar-refractivity contribution in [2.75, 3.05) is 7.05 Å². The third-order valence-electron chi connectivity index (χ3n) is 4.66. The Morgan fingerprint density at radius 2 is 2.10 bits per heavy atom. The zero-order valence-electron chi connectivity index (χ0n) is 12.0. The molecule has 1 saturated carbocycles. The number of para-hydroxylation sites is 1. The molecule has 3 nitrogen and oxygen atoms in total. The maximum Gasteiger partial charge on any atom is 0.189 e. The van der Waals surface area contributed by atoms with E-state index in [1.807, 2.05) is 30.5 Å². The molecule has 2 atom stereocenters. The quantitative estimate of drug-likeness (QED) is 0.927. The van der Waals surface area contributed by atoms with E-state index in [1.54, 1.807) is 6.07 Å². The Hall–Kier alpha value is -1.61. The minimum absolute atomic E-state index is 0.116. The van der Waals surface area contributed by atoms with Crippen molar-refractivity contribution in [3.63, 3.8) is 0 Å². The third-order valence-corrected chi connectivity index (χ3v) is 4.66. The van der Waals surface area contributed by atoms with Gasteiger partial charge in [0.05, 0.1) is 5.52 Å². The molecule has 1 aromatic carbocycles. The van der Waals surface area contributed by atoms with Crippen LogP contribution >= 0.6 is 0 Å². The molecule has 0 radical (unpaired) electrons. The molecule has 106 valence electrons. The van der Waals surface area contributed by atoms with Gasteiger partial charge in [-0.25, -0.2) is 0 Å². The Bertz CT molecular complexity index is 647. The second-order valence-electron chi connectivity index (χ2n) is 5.77. The summed E-state index contributed by atoms with van der Waals surface area (Å²) in [7, 11) is 2.07. The summed E-state index contributed by atoms with van der Waals surface area (Å²) in [4.78, 5) is 11.9. The number of pyridine rings is 1. The fraction of sp³-hybridized carbons (Fsp3) is 0.471. The molecule has 1 aromatic heterocycles. The molecule has 2 unspecified atom stereocenters. The van der Waals surface area contributed by atoms with Gasteiger partial charge in [0.2, 0.25) is 0 Å². The Balaban J connectivity index is 1.81. The van der Waals surface area contributed by atoms with Gasteiger partial charge in [-0.1, -0.05) is 18.6 Å². The minimum atomic E-state index is 0.116. The molecule has 1 N–H and O–H groups in total. The lowest BCUT2D eigenvalue weighted by molar-refractivity contribution is 0.380. The molecule has 0 saturated heterocycles. The fourth-order valence-electron chi connectivity index (χ4n) is 3.52. The van der Waals surface area contributed by atoms with E-state index in [1.165, 1.54) is 25.7 Å². The normalized spacial score (nSPS) is 22.4. The van der Waals surface area contributed by atoms with E-state index in [0.717, 1.165) is 23.4 Å². The lowest BCUT2D eigenvalue weighted by atomic mass is 9.99. The summed E-state index contributed by atoms with van der Waals surface area (Å²) in [6, 6.07) is 10.3.